The second kappa shape index (κ2) is 5.55. The van der Waals surface area contributed by atoms with Crippen molar-refractivity contribution in [1.82, 2.24) is 29.0 Å². The third-order valence-corrected chi connectivity index (χ3v) is 4.29. The van der Waals surface area contributed by atoms with Crippen molar-refractivity contribution in [3.05, 3.63) is 41.2 Å². The normalized spacial score (nSPS) is 14.5. The van der Waals surface area contributed by atoms with Crippen molar-refractivity contribution in [3.8, 4) is 11.4 Å². The van der Waals surface area contributed by atoms with Gasteiger partial charge in [-0.25, -0.2) is 19.6 Å². The first kappa shape index (κ1) is 14.6. The van der Waals surface area contributed by atoms with E-state index in [1.165, 1.54) is 4.57 Å². The number of fused-ring (bicyclic) bond motifs is 1. The predicted octanol–water partition coefficient (Wildman–Crippen LogP) is 1.26. The molecule has 0 N–H and O–H groups in total. The molecule has 4 heterocycles. The van der Waals surface area contributed by atoms with Gasteiger partial charge in [0.15, 0.2) is 11.5 Å². The summed E-state index contributed by atoms with van der Waals surface area (Å²) in [5.41, 5.74) is 1.18. The minimum absolute atomic E-state index is 0.320. The van der Waals surface area contributed by atoms with Gasteiger partial charge in [-0.1, -0.05) is 0 Å². The first-order valence-corrected chi connectivity index (χ1v) is 7.81. The summed E-state index contributed by atoms with van der Waals surface area (Å²) in [7, 11) is 1.62. The molecular formula is C16H16N6O2. The van der Waals surface area contributed by atoms with E-state index < -0.39 is 5.69 Å². The Balaban J connectivity index is 1.90. The maximum atomic E-state index is 12.7. The van der Waals surface area contributed by atoms with E-state index in [0.29, 0.717) is 30.1 Å². The Morgan fingerprint density at radius 3 is 2.71 bits per heavy atom. The molecule has 8 heteroatoms. The molecule has 3 aromatic heterocycles. The molecule has 3 aromatic rings. The van der Waals surface area contributed by atoms with Gasteiger partial charge in [0.1, 0.15) is 5.52 Å². The quantitative estimate of drug-likeness (QED) is 0.672. The Hall–Kier alpha value is -3.03. The summed E-state index contributed by atoms with van der Waals surface area (Å²) in [6, 6.07) is 3.30. The molecule has 0 bridgehead atoms. The zero-order valence-electron chi connectivity index (χ0n) is 13.2. The molecule has 0 radical (unpaired) electrons. The summed E-state index contributed by atoms with van der Waals surface area (Å²) in [6.45, 7) is 1.34. The van der Waals surface area contributed by atoms with Gasteiger partial charge in [-0.3, -0.25) is 9.55 Å². The standard InChI is InChI=1S/C16H16N6O2/c1-20-12-10-18-13(11-5-4-6-17-9-11)19-14(12)22(15(20)23)16(24)21-7-2-3-8-21/h4-6,9-10H,2-3,7-8H2,1H3. The van der Waals surface area contributed by atoms with Crippen LogP contribution in [0.15, 0.2) is 35.5 Å². The molecule has 0 unspecified atom stereocenters. The van der Waals surface area contributed by atoms with E-state index in [9.17, 15) is 9.59 Å². The topological polar surface area (TPSA) is 85.9 Å². The fraction of sp³-hybridized carbons (Fsp3) is 0.312. The average Bonchev–Trinajstić information content (AvgIpc) is 3.23. The SMILES string of the molecule is Cn1c(=O)n(C(=O)N2CCCC2)c2nc(-c3cccnc3)ncc21. The zero-order valence-corrected chi connectivity index (χ0v) is 13.2. The van der Waals surface area contributed by atoms with Gasteiger partial charge in [0, 0.05) is 38.1 Å². The number of aromatic nitrogens is 5. The number of carbonyl (C=O) groups is 1. The van der Waals surface area contributed by atoms with Crippen LogP contribution in [0.2, 0.25) is 0 Å². The number of rotatable bonds is 1. The van der Waals surface area contributed by atoms with Crippen molar-refractivity contribution in [1.29, 1.82) is 0 Å². The molecule has 0 spiro atoms. The Labute approximate surface area is 137 Å². The van der Waals surface area contributed by atoms with Gasteiger partial charge in [-0.15, -0.1) is 0 Å². The number of carbonyl (C=O) groups excluding carboxylic acids is 1. The number of hydrogen-bond acceptors (Lipinski definition) is 5. The molecule has 24 heavy (non-hydrogen) atoms. The average molecular weight is 324 g/mol. The van der Waals surface area contributed by atoms with Crippen LogP contribution in [0.1, 0.15) is 12.8 Å². The lowest BCUT2D eigenvalue weighted by Crippen LogP contribution is -2.38. The number of nitrogens with zero attached hydrogens (tertiary/aromatic N) is 6. The molecular weight excluding hydrogens is 308 g/mol. The summed E-state index contributed by atoms with van der Waals surface area (Å²) in [5, 5.41) is 0. The van der Waals surface area contributed by atoms with E-state index in [-0.39, 0.29) is 6.03 Å². The van der Waals surface area contributed by atoms with Gasteiger partial charge in [-0.2, -0.15) is 4.57 Å². The number of imidazole rings is 1. The summed E-state index contributed by atoms with van der Waals surface area (Å²) in [6.07, 6.45) is 6.80. The van der Waals surface area contributed by atoms with E-state index in [2.05, 4.69) is 15.0 Å². The van der Waals surface area contributed by atoms with Crippen LogP contribution >= 0.6 is 0 Å². The molecule has 0 saturated carbocycles. The fourth-order valence-electron chi connectivity index (χ4n) is 2.97. The highest BCUT2D eigenvalue weighted by atomic mass is 16.2. The van der Waals surface area contributed by atoms with Crippen molar-refractivity contribution in [3.63, 3.8) is 0 Å². The molecule has 1 aliphatic heterocycles. The van der Waals surface area contributed by atoms with Gasteiger partial charge in [0.25, 0.3) is 0 Å². The van der Waals surface area contributed by atoms with E-state index in [4.69, 9.17) is 0 Å². The third-order valence-electron chi connectivity index (χ3n) is 4.29. The molecule has 4 rings (SSSR count). The zero-order chi connectivity index (χ0) is 16.7. The van der Waals surface area contributed by atoms with Crippen molar-refractivity contribution in [2.45, 2.75) is 12.8 Å². The number of amides is 1. The summed E-state index contributed by atoms with van der Waals surface area (Å²) in [4.78, 5) is 39.8. The second-order valence-electron chi connectivity index (χ2n) is 5.80. The maximum absolute atomic E-state index is 12.7. The molecule has 8 nitrogen and oxygen atoms in total. The molecule has 0 aromatic carbocycles. The van der Waals surface area contributed by atoms with Crippen LogP contribution < -0.4 is 5.69 Å². The first-order valence-electron chi connectivity index (χ1n) is 7.81. The summed E-state index contributed by atoms with van der Waals surface area (Å²) in [5.74, 6) is 0.434. The molecule has 0 aliphatic carbocycles. The fourth-order valence-corrected chi connectivity index (χ4v) is 2.97. The maximum Gasteiger partial charge on any atom is 0.338 e. The Kier molecular flexibility index (Phi) is 3.37. The predicted molar refractivity (Wildman–Crippen MR) is 87.6 cm³/mol. The monoisotopic (exact) mass is 324 g/mol. The molecule has 1 fully saturated rings. The molecule has 1 aliphatic rings. The lowest BCUT2D eigenvalue weighted by atomic mass is 10.3. The minimum Gasteiger partial charge on any atom is -0.324 e. The van der Waals surface area contributed by atoms with Gasteiger partial charge >= 0.3 is 11.7 Å². The van der Waals surface area contributed by atoms with Crippen molar-refractivity contribution < 1.29 is 4.79 Å². The Morgan fingerprint density at radius 1 is 1.21 bits per heavy atom. The van der Waals surface area contributed by atoms with Crippen molar-refractivity contribution >= 4 is 17.2 Å². The van der Waals surface area contributed by atoms with Crippen molar-refractivity contribution in [2.24, 2.45) is 7.05 Å². The van der Waals surface area contributed by atoms with Crippen LogP contribution in [0, 0.1) is 0 Å². The summed E-state index contributed by atoms with van der Waals surface area (Å²) >= 11 is 0. The highest BCUT2D eigenvalue weighted by Crippen LogP contribution is 2.18. The van der Waals surface area contributed by atoms with Crippen LogP contribution in [0.5, 0.6) is 0 Å². The van der Waals surface area contributed by atoms with E-state index >= 15 is 0 Å². The first-order chi connectivity index (χ1) is 11.7. The minimum atomic E-state index is -0.403. The van der Waals surface area contributed by atoms with Gasteiger partial charge in [0.05, 0.1) is 6.20 Å². The number of hydrogen-bond donors (Lipinski definition) is 0. The van der Waals surface area contributed by atoms with Crippen LogP contribution in [0.4, 0.5) is 4.79 Å². The third kappa shape index (κ3) is 2.18. The van der Waals surface area contributed by atoms with Crippen LogP contribution in [-0.4, -0.2) is 48.1 Å². The largest absolute Gasteiger partial charge is 0.338 e. The molecule has 1 amide bonds. The van der Waals surface area contributed by atoms with Gasteiger partial charge in [-0.05, 0) is 25.0 Å². The van der Waals surface area contributed by atoms with E-state index in [1.807, 2.05) is 6.07 Å². The Morgan fingerprint density at radius 2 is 2.00 bits per heavy atom. The number of pyridine rings is 1. The van der Waals surface area contributed by atoms with Crippen LogP contribution in [0.25, 0.3) is 22.6 Å². The highest BCUT2D eigenvalue weighted by Gasteiger charge is 2.25. The summed E-state index contributed by atoms with van der Waals surface area (Å²) < 4.78 is 2.54. The molecule has 0 atom stereocenters. The van der Waals surface area contributed by atoms with E-state index in [0.717, 1.165) is 23.0 Å². The smallest absolute Gasteiger partial charge is 0.324 e. The van der Waals surface area contributed by atoms with E-state index in [1.54, 1.807) is 36.6 Å². The number of likely N-dealkylation sites (tertiary alicyclic amines) is 1. The second-order valence-corrected chi connectivity index (χ2v) is 5.80. The lowest BCUT2D eigenvalue weighted by Gasteiger charge is -2.14. The van der Waals surface area contributed by atoms with Crippen LogP contribution in [0.3, 0.4) is 0 Å². The van der Waals surface area contributed by atoms with Gasteiger partial charge < -0.3 is 4.90 Å². The highest BCUT2D eigenvalue weighted by molar-refractivity contribution is 5.87. The molecule has 1 saturated heterocycles. The number of aryl methyl sites for hydroxylation is 1. The van der Waals surface area contributed by atoms with Gasteiger partial charge in [0.2, 0.25) is 0 Å². The van der Waals surface area contributed by atoms with Crippen LogP contribution in [-0.2, 0) is 7.05 Å². The van der Waals surface area contributed by atoms with Crippen molar-refractivity contribution in [2.75, 3.05) is 13.1 Å². The Bertz CT molecular complexity index is 969. The molecule has 122 valence electrons. The lowest BCUT2D eigenvalue weighted by molar-refractivity contribution is 0.210.